The van der Waals surface area contributed by atoms with E-state index in [1.54, 1.807) is 24.3 Å². The summed E-state index contributed by atoms with van der Waals surface area (Å²) in [7, 11) is 0. The van der Waals surface area contributed by atoms with Gasteiger partial charge in [-0.15, -0.1) is 0 Å². The summed E-state index contributed by atoms with van der Waals surface area (Å²) in [6.45, 7) is 0.157. The normalized spacial score (nSPS) is 26.0. The molecule has 0 saturated heterocycles. The monoisotopic (exact) mass is 288 g/mol. The third-order valence-corrected chi connectivity index (χ3v) is 4.43. The number of hydrogen-bond donors (Lipinski definition) is 3. The SMILES string of the molecule is O=C(NCCO)c1ccc(NC(=O)C2CC3CC3C2)cc1. The molecule has 3 N–H and O–H groups in total. The summed E-state index contributed by atoms with van der Waals surface area (Å²) in [6, 6.07) is 6.83. The molecule has 0 radical (unpaired) electrons. The molecule has 2 atom stereocenters. The third-order valence-electron chi connectivity index (χ3n) is 4.43. The number of carbonyl (C=O) groups excluding carboxylic acids is 2. The van der Waals surface area contributed by atoms with Gasteiger partial charge in [0.1, 0.15) is 0 Å². The number of aliphatic hydroxyl groups is 1. The number of hydrogen-bond acceptors (Lipinski definition) is 3. The van der Waals surface area contributed by atoms with Crippen LogP contribution in [0.25, 0.3) is 0 Å². The molecule has 1 aromatic carbocycles. The van der Waals surface area contributed by atoms with Crippen LogP contribution in [-0.2, 0) is 4.79 Å². The minimum absolute atomic E-state index is 0.0801. The van der Waals surface area contributed by atoms with Gasteiger partial charge in [0.15, 0.2) is 0 Å². The van der Waals surface area contributed by atoms with Gasteiger partial charge in [0, 0.05) is 23.7 Å². The molecular weight excluding hydrogens is 268 g/mol. The van der Waals surface area contributed by atoms with E-state index in [0.717, 1.165) is 30.4 Å². The average Bonchev–Trinajstić information content (AvgIpc) is 3.11. The van der Waals surface area contributed by atoms with Crippen LogP contribution >= 0.6 is 0 Å². The smallest absolute Gasteiger partial charge is 0.251 e. The van der Waals surface area contributed by atoms with Crippen molar-refractivity contribution in [2.45, 2.75) is 19.3 Å². The van der Waals surface area contributed by atoms with E-state index in [4.69, 9.17) is 5.11 Å². The van der Waals surface area contributed by atoms with Crippen LogP contribution in [0.15, 0.2) is 24.3 Å². The lowest BCUT2D eigenvalue weighted by atomic mass is 10.0. The molecule has 2 unspecified atom stereocenters. The summed E-state index contributed by atoms with van der Waals surface area (Å²) in [5, 5.41) is 14.2. The molecule has 5 heteroatoms. The van der Waals surface area contributed by atoms with E-state index in [1.165, 1.54) is 6.42 Å². The summed E-state index contributed by atoms with van der Waals surface area (Å²) >= 11 is 0. The predicted octanol–water partition coefficient (Wildman–Crippen LogP) is 1.39. The fourth-order valence-corrected chi connectivity index (χ4v) is 3.15. The highest BCUT2D eigenvalue weighted by Gasteiger charge is 2.47. The zero-order chi connectivity index (χ0) is 14.8. The van der Waals surface area contributed by atoms with Crippen LogP contribution in [0.5, 0.6) is 0 Å². The van der Waals surface area contributed by atoms with Gasteiger partial charge in [-0.2, -0.15) is 0 Å². The first-order valence-electron chi connectivity index (χ1n) is 7.47. The molecule has 2 amide bonds. The van der Waals surface area contributed by atoms with Crippen molar-refractivity contribution in [1.29, 1.82) is 0 Å². The van der Waals surface area contributed by atoms with Gasteiger partial charge < -0.3 is 15.7 Å². The van der Waals surface area contributed by atoms with Gasteiger partial charge in [0.2, 0.25) is 5.91 Å². The summed E-state index contributed by atoms with van der Waals surface area (Å²) < 4.78 is 0. The molecule has 0 aromatic heterocycles. The molecule has 2 aliphatic rings. The van der Waals surface area contributed by atoms with Crippen LogP contribution in [0.1, 0.15) is 29.6 Å². The van der Waals surface area contributed by atoms with Gasteiger partial charge in [-0.25, -0.2) is 0 Å². The Hall–Kier alpha value is -1.88. The zero-order valence-corrected chi connectivity index (χ0v) is 11.8. The Morgan fingerprint density at radius 1 is 1.10 bits per heavy atom. The lowest BCUT2D eigenvalue weighted by molar-refractivity contribution is -0.120. The van der Waals surface area contributed by atoms with Crippen LogP contribution < -0.4 is 10.6 Å². The molecule has 0 heterocycles. The maximum atomic E-state index is 12.1. The van der Waals surface area contributed by atoms with Gasteiger partial charge in [0.05, 0.1) is 6.61 Å². The third kappa shape index (κ3) is 3.24. The van der Waals surface area contributed by atoms with E-state index in [1.807, 2.05) is 0 Å². The number of amides is 2. The van der Waals surface area contributed by atoms with Crippen LogP contribution in [0.3, 0.4) is 0 Å². The van der Waals surface area contributed by atoms with E-state index in [-0.39, 0.29) is 30.9 Å². The summed E-state index contributed by atoms with van der Waals surface area (Å²) in [5.74, 6) is 1.61. The molecule has 2 saturated carbocycles. The van der Waals surface area contributed by atoms with Crippen molar-refractivity contribution in [2.24, 2.45) is 17.8 Å². The Morgan fingerprint density at radius 2 is 1.76 bits per heavy atom. The van der Waals surface area contributed by atoms with Crippen LogP contribution in [0.4, 0.5) is 5.69 Å². The maximum absolute atomic E-state index is 12.1. The van der Waals surface area contributed by atoms with Crippen LogP contribution in [0, 0.1) is 17.8 Å². The molecule has 1 aromatic rings. The van der Waals surface area contributed by atoms with E-state index < -0.39 is 0 Å². The molecule has 2 aliphatic carbocycles. The largest absolute Gasteiger partial charge is 0.395 e. The van der Waals surface area contributed by atoms with Gasteiger partial charge >= 0.3 is 0 Å². The highest BCUT2D eigenvalue weighted by Crippen LogP contribution is 2.54. The first-order chi connectivity index (χ1) is 10.2. The Morgan fingerprint density at radius 3 is 2.38 bits per heavy atom. The van der Waals surface area contributed by atoms with Crippen molar-refractivity contribution >= 4 is 17.5 Å². The Balaban J connectivity index is 1.54. The Bertz CT molecular complexity index is 531. The highest BCUT2D eigenvalue weighted by atomic mass is 16.3. The lowest BCUT2D eigenvalue weighted by Gasteiger charge is -2.12. The second-order valence-corrected chi connectivity index (χ2v) is 5.97. The fourth-order valence-electron chi connectivity index (χ4n) is 3.15. The van der Waals surface area contributed by atoms with Crippen molar-refractivity contribution in [3.63, 3.8) is 0 Å². The van der Waals surface area contributed by atoms with Crippen molar-refractivity contribution < 1.29 is 14.7 Å². The van der Waals surface area contributed by atoms with Crippen molar-refractivity contribution in [2.75, 3.05) is 18.5 Å². The maximum Gasteiger partial charge on any atom is 0.251 e. The summed E-state index contributed by atoms with van der Waals surface area (Å²) in [6.07, 6.45) is 3.36. The molecule has 0 aliphatic heterocycles. The molecule has 21 heavy (non-hydrogen) atoms. The lowest BCUT2D eigenvalue weighted by Crippen LogP contribution is -2.26. The molecule has 0 bridgehead atoms. The number of benzene rings is 1. The quantitative estimate of drug-likeness (QED) is 0.766. The number of nitrogens with one attached hydrogen (secondary N) is 2. The highest BCUT2D eigenvalue weighted by molar-refractivity contribution is 5.96. The van der Waals surface area contributed by atoms with Gasteiger partial charge in [-0.3, -0.25) is 9.59 Å². The van der Waals surface area contributed by atoms with E-state index >= 15 is 0 Å². The Kier molecular flexibility index (Phi) is 3.92. The first kappa shape index (κ1) is 14.1. The molecule has 2 fully saturated rings. The van der Waals surface area contributed by atoms with Crippen molar-refractivity contribution in [1.82, 2.24) is 5.32 Å². The van der Waals surface area contributed by atoms with Crippen LogP contribution in [0.2, 0.25) is 0 Å². The minimum atomic E-state index is -0.224. The topological polar surface area (TPSA) is 78.4 Å². The van der Waals surface area contributed by atoms with Crippen LogP contribution in [-0.4, -0.2) is 30.1 Å². The van der Waals surface area contributed by atoms with Crippen molar-refractivity contribution in [3.8, 4) is 0 Å². The molecule has 0 spiro atoms. The van der Waals surface area contributed by atoms with E-state index in [9.17, 15) is 9.59 Å². The molecular formula is C16H20N2O3. The average molecular weight is 288 g/mol. The first-order valence-corrected chi connectivity index (χ1v) is 7.47. The number of anilines is 1. The van der Waals surface area contributed by atoms with Crippen molar-refractivity contribution in [3.05, 3.63) is 29.8 Å². The second kappa shape index (κ2) is 5.85. The minimum Gasteiger partial charge on any atom is -0.395 e. The number of aliphatic hydroxyl groups excluding tert-OH is 1. The predicted molar refractivity (Wildman–Crippen MR) is 78.8 cm³/mol. The van der Waals surface area contributed by atoms with E-state index in [0.29, 0.717) is 5.56 Å². The summed E-state index contributed by atoms with van der Waals surface area (Å²) in [5.41, 5.74) is 1.24. The molecule has 5 nitrogen and oxygen atoms in total. The molecule has 112 valence electrons. The molecule has 3 rings (SSSR count). The number of carbonyl (C=O) groups is 2. The van der Waals surface area contributed by atoms with E-state index in [2.05, 4.69) is 10.6 Å². The summed E-state index contributed by atoms with van der Waals surface area (Å²) in [4.78, 5) is 23.8. The second-order valence-electron chi connectivity index (χ2n) is 5.97. The number of rotatable bonds is 5. The van der Waals surface area contributed by atoms with Gasteiger partial charge in [-0.1, -0.05) is 0 Å². The standard InChI is InChI=1S/C16H20N2O3/c19-6-5-17-15(20)10-1-3-14(4-2-10)18-16(21)13-8-11-7-12(11)9-13/h1-4,11-13,19H,5-9H2,(H,17,20)(H,18,21). The van der Waals surface area contributed by atoms with Gasteiger partial charge in [0.25, 0.3) is 5.91 Å². The zero-order valence-electron chi connectivity index (χ0n) is 11.8. The fraction of sp³-hybridized carbons (Fsp3) is 0.500. The van der Waals surface area contributed by atoms with Gasteiger partial charge in [-0.05, 0) is 55.4 Å². The number of fused-ring (bicyclic) bond motifs is 1. The Labute approximate surface area is 123 Å².